The van der Waals surface area contributed by atoms with Crippen molar-refractivity contribution in [2.45, 2.75) is 12.5 Å². The van der Waals surface area contributed by atoms with Gasteiger partial charge in [0.2, 0.25) is 0 Å². The molecule has 3 amide bonds. The molecule has 0 radical (unpaired) electrons. The number of carbonyl (C=O) groups is 2. The standard InChI is InChI=1S/C17H10N4O4/c22-16-15-12-7-9(8-18-12)19(15)17(23)20(16)13-5-6-14(21(24)25)11-4-2-1-3-10(11)13/h1-6,8-9H,7H2. The highest BCUT2D eigenvalue weighted by Gasteiger charge is 2.52. The van der Waals surface area contributed by atoms with Crippen LogP contribution in [0.3, 0.4) is 0 Å². The van der Waals surface area contributed by atoms with E-state index in [1.54, 1.807) is 30.5 Å². The minimum atomic E-state index is -0.476. The van der Waals surface area contributed by atoms with Crippen LogP contribution in [0, 0.1) is 10.1 Å². The van der Waals surface area contributed by atoms with Gasteiger partial charge in [-0.05, 0) is 12.1 Å². The second kappa shape index (κ2) is 4.50. The fourth-order valence-corrected chi connectivity index (χ4v) is 3.70. The first-order valence-corrected chi connectivity index (χ1v) is 7.69. The Balaban J connectivity index is 1.72. The van der Waals surface area contributed by atoms with E-state index in [-0.39, 0.29) is 11.7 Å². The summed E-state index contributed by atoms with van der Waals surface area (Å²) >= 11 is 0. The van der Waals surface area contributed by atoms with Crippen molar-refractivity contribution in [3.63, 3.8) is 0 Å². The molecular formula is C17H10N4O4. The van der Waals surface area contributed by atoms with Crippen LogP contribution in [0.15, 0.2) is 52.8 Å². The first kappa shape index (κ1) is 13.8. The van der Waals surface area contributed by atoms with Crippen LogP contribution in [0.2, 0.25) is 0 Å². The summed E-state index contributed by atoms with van der Waals surface area (Å²) in [5.41, 5.74) is 1.22. The van der Waals surface area contributed by atoms with E-state index in [1.165, 1.54) is 17.0 Å². The SMILES string of the molecule is O=C1C2=C3CC(C=N3)N2C(=O)N1c1ccc([N+](=O)[O-])c2ccccc12. The van der Waals surface area contributed by atoms with Gasteiger partial charge >= 0.3 is 6.03 Å². The molecule has 0 aliphatic carbocycles. The molecule has 0 spiro atoms. The number of carbonyl (C=O) groups excluding carboxylic acids is 2. The Morgan fingerprint density at radius 1 is 1.12 bits per heavy atom. The Kier molecular flexibility index (Phi) is 2.49. The smallest absolute Gasteiger partial charge is 0.278 e. The average Bonchev–Trinajstić information content (AvgIpc) is 3.28. The third-order valence-electron chi connectivity index (χ3n) is 4.77. The van der Waals surface area contributed by atoms with Crippen molar-refractivity contribution < 1.29 is 14.5 Å². The molecule has 1 fully saturated rings. The summed E-state index contributed by atoms with van der Waals surface area (Å²) in [5, 5.41) is 12.1. The molecule has 5 rings (SSSR count). The highest BCUT2D eigenvalue weighted by Crippen LogP contribution is 2.43. The first-order valence-electron chi connectivity index (χ1n) is 7.69. The molecule has 1 saturated heterocycles. The molecular weight excluding hydrogens is 324 g/mol. The summed E-state index contributed by atoms with van der Waals surface area (Å²) in [5.74, 6) is -0.432. The highest BCUT2D eigenvalue weighted by molar-refractivity contribution is 6.30. The van der Waals surface area contributed by atoms with Crippen molar-refractivity contribution >= 4 is 40.3 Å². The number of fused-ring (bicyclic) bond motifs is 5. The van der Waals surface area contributed by atoms with Gasteiger partial charge in [0.15, 0.2) is 0 Å². The minimum Gasteiger partial charge on any atom is -0.278 e. The van der Waals surface area contributed by atoms with E-state index < -0.39 is 16.9 Å². The lowest BCUT2D eigenvalue weighted by atomic mass is 10.1. The second-order valence-electron chi connectivity index (χ2n) is 6.04. The molecule has 0 aromatic heterocycles. The van der Waals surface area contributed by atoms with E-state index >= 15 is 0 Å². The number of imide groups is 1. The zero-order valence-electron chi connectivity index (χ0n) is 12.7. The van der Waals surface area contributed by atoms with E-state index in [0.29, 0.717) is 34.3 Å². The van der Waals surface area contributed by atoms with Crippen molar-refractivity contribution in [3.05, 3.63) is 57.9 Å². The number of nitrogens with zero attached hydrogens (tertiary/aromatic N) is 4. The molecule has 0 saturated carbocycles. The van der Waals surface area contributed by atoms with Gasteiger partial charge in [0.05, 0.1) is 27.7 Å². The van der Waals surface area contributed by atoms with E-state index in [4.69, 9.17) is 0 Å². The minimum absolute atomic E-state index is 0.0654. The molecule has 25 heavy (non-hydrogen) atoms. The topological polar surface area (TPSA) is 96.1 Å². The number of nitro benzene ring substituents is 1. The van der Waals surface area contributed by atoms with Gasteiger partial charge in [-0.3, -0.25) is 24.8 Å². The van der Waals surface area contributed by atoms with Gasteiger partial charge in [-0.1, -0.05) is 18.2 Å². The van der Waals surface area contributed by atoms with Crippen molar-refractivity contribution in [1.82, 2.24) is 4.90 Å². The van der Waals surface area contributed by atoms with Crippen LogP contribution in [-0.4, -0.2) is 34.0 Å². The average molecular weight is 334 g/mol. The second-order valence-corrected chi connectivity index (χ2v) is 6.04. The Bertz CT molecular complexity index is 1070. The number of hydrogen-bond acceptors (Lipinski definition) is 5. The molecule has 2 bridgehead atoms. The summed E-state index contributed by atoms with van der Waals surface area (Å²) in [7, 11) is 0. The fraction of sp³-hybridized carbons (Fsp3) is 0.118. The number of amides is 3. The van der Waals surface area contributed by atoms with Crippen LogP contribution in [-0.2, 0) is 4.79 Å². The summed E-state index contributed by atoms with van der Waals surface area (Å²) in [6.07, 6.45) is 2.24. The summed E-state index contributed by atoms with van der Waals surface area (Å²) in [6, 6.07) is 8.81. The predicted octanol–water partition coefficient (Wildman–Crippen LogP) is 2.58. The Labute approximate surface area is 140 Å². The predicted molar refractivity (Wildman–Crippen MR) is 89.2 cm³/mol. The number of rotatable bonds is 2. The molecule has 3 aliphatic heterocycles. The lowest BCUT2D eigenvalue weighted by molar-refractivity contribution is -0.383. The van der Waals surface area contributed by atoms with Crippen molar-refractivity contribution in [3.8, 4) is 0 Å². The highest BCUT2D eigenvalue weighted by atomic mass is 16.6. The number of anilines is 1. The van der Waals surface area contributed by atoms with Crippen molar-refractivity contribution in [1.29, 1.82) is 0 Å². The number of non-ortho nitro benzene ring substituents is 1. The zero-order chi connectivity index (χ0) is 17.3. The molecule has 8 nitrogen and oxygen atoms in total. The van der Waals surface area contributed by atoms with Crippen LogP contribution in [0.1, 0.15) is 6.42 Å². The van der Waals surface area contributed by atoms with E-state index in [2.05, 4.69) is 4.99 Å². The first-order chi connectivity index (χ1) is 12.1. The van der Waals surface area contributed by atoms with Crippen LogP contribution < -0.4 is 4.90 Å². The molecule has 3 heterocycles. The molecule has 3 aliphatic rings. The Hall–Kier alpha value is -3.55. The molecule has 8 heteroatoms. The number of urea groups is 1. The van der Waals surface area contributed by atoms with E-state index in [1.807, 2.05) is 0 Å². The van der Waals surface area contributed by atoms with E-state index in [0.717, 1.165) is 4.90 Å². The molecule has 0 N–H and O–H groups in total. The van der Waals surface area contributed by atoms with Gasteiger partial charge in [-0.25, -0.2) is 9.69 Å². The van der Waals surface area contributed by atoms with Crippen molar-refractivity contribution in [2.75, 3.05) is 4.90 Å². The van der Waals surface area contributed by atoms with Crippen LogP contribution in [0.5, 0.6) is 0 Å². The maximum Gasteiger partial charge on any atom is 0.337 e. The largest absolute Gasteiger partial charge is 0.337 e. The third kappa shape index (κ3) is 1.63. The van der Waals surface area contributed by atoms with Gasteiger partial charge in [0.25, 0.3) is 11.6 Å². The van der Waals surface area contributed by atoms with Gasteiger partial charge < -0.3 is 0 Å². The van der Waals surface area contributed by atoms with Crippen molar-refractivity contribution in [2.24, 2.45) is 4.99 Å². The number of hydrogen-bond donors (Lipinski definition) is 0. The van der Waals surface area contributed by atoms with Crippen LogP contribution >= 0.6 is 0 Å². The summed E-state index contributed by atoms with van der Waals surface area (Å²) < 4.78 is 0. The fourth-order valence-electron chi connectivity index (χ4n) is 3.70. The Morgan fingerprint density at radius 2 is 1.88 bits per heavy atom. The van der Waals surface area contributed by atoms with Crippen LogP contribution in [0.4, 0.5) is 16.2 Å². The molecule has 1 unspecified atom stereocenters. The number of nitro groups is 1. The summed E-state index contributed by atoms with van der Waals surface area (Å²) in [4.78, 5) is 43.2. The molecule has 1 atom stereocenters. The lowest BCUT2D eigenvalue weighted by Crippen LogP contribution is -2.37. The quantitative estimate of drug-likeness (QED) is 0.479. The molecule has 2 aromatic rings. The molecule has 2 aromatic carbocycles. The number of aliphatic imine (C=N–C) groups is 1. The van der Waals surface area contributed by atoms with Gasteiger partial charge in [-0.2, -0.15) is 0 Å². The lowest BCUT2D eigenvalue weighted by Gasteiger charge is -2.19. The van der Waals surface area contributed by atoms with Crippen LogP contribution in [0.25, 0.3) is 10.8 Å². The van der Waals surface area contributed by atoms with Gasteiger partial charge in [0.1, 0.15) is 5.70 Å². The van der Waals surface area contributed by atoms with E-state index in [9.17, 15) is 19.7 Å². The number of benzene rings is 2. The Morgan fingerprint density at radius 3 is 2.60 bits per heavy atom. The third-order valence-corrected chi connectivity index (χ3v) is 4.77. The maximum atomic E-state index is 12.9. The maximum absolute atomic E-state index is 12.9. The molecule has 122 valence electrons. The van der Waals surface area contributed by atoms with Gasteiger partial charge in [0, 0.05) is 24.1 Å². The normalized spacial score (nSPS) is 21.0. The monoisotopic (exact) mass is 334 g/mol. The zero-order valence-corrected chi connectivity index (χ0v) is 12.7. The summed E-state index contributed by atoms with van der Waals surface area (Å²) in [6.45, 7) is 0. The van der Waals surface area contributed by atoms with Gasteiger partial charge in [-0.15, -0.1) is 0 Å².